The lowest BCUT2D eigenvalue weighted by Crippen LogP contribution is -2.68. The maximum absolute atomic E-state index is 12.1. The number of rotatable bonds is 5. The lowest BCUT2D eigenvalue weighted by Gasteiger charge is -2.57. The molecule has 3 aromatic rings. The van der Waals surface area contributed by atoms with E-state index in [1.54, 1.807) is 19.3 Å². The molecule has 6 heterocycles. The van der Waals surface area contributed by atoms with Crippen LogP contribution in [0, 0.1) is 0 Å². The van der Waals surface area contributed by atoms with Crippen LogP contribution >= 0.6 is 0 Å². The second-order valence-corrected chi connectivity index (χ2v) is 8.36. The number of nitrogens with zero attached hydrogens (tertiary/aromatic N) is 4. The van der Waals surface area contributed by atoms with Gasteiger partial charge >= 0.3 is 0 Å². The molecule has 2 unspecified atom stereocenters. The largest absolute Gasteiger partial charge is 0.367 e. The van der Waals surface area contributed by atoms with Gasteiger partial charge in [0.2, 0.25) is 0 Å². The van der Waals surface area contributed by atoms with Crippen molar-refractivity contribution in [3.05, 3.63) is 63.8 Å². The predicted octanol–water partition coefficient (Wildman–Crippen LogP) is 1.70. The first-order valence-corrected chi connectivity index (χ1v) is 10.8. The number of amides is 1. The van der Waals surface area contributed by atoms with Gasteiger partial charge in [-0.15, -0.1) is 0 Å². The fraction of sp³-hybridized carbons (Fsp3) is 0.391. The van der Waals surface area contributed by atoms with Gasteiger partial charge in [-0.25, -0.2) is 4.98 Å². The number of piperidine rings is 1. The standard InChI is InChI=1S/C23H26N6O2/c1-3-15-7-20-21(27-22(15)30)6-14(9-25-20)11-29-17-8-18(29)13-28(12-17)16-4-5-19(26-10-16)23(31)24-2/h4-7,9-10,17-18H,3,8,11-13H2,1-2H3,(H,24,31)(H,27,30). The minimum absolute atomic E-state index is 0.0264. The molecule has 6 rings (SSSR count). The molecule has 3 aromatic heterocycles. The van der Waals surface area contributed by atoms with Gasteiger partial charge in [0.05, 0.1) is 22.9 Å². The third-order valence-corrected chi connectivity index (χ3v) is 6.49. The van der Waals surface area contributed by atoms with Gasteiger partial charge in [0, 0.05) is 50.5 Å². The predicted molar refractivity (Wildman–Crippen MR) is 119 cm³/mol. The number of hydrogen-bond donors (Lipinski definition) is 2. The number of fused-ring (bicyclic) bond motifs is 3. The van der Waals surface area contributed by atoms with Crippen molar-refractivity contribution in [3.8, 4) is 0 Å². The molecule has 8 heteroatoms. The molecule has 160 valence electrons. The van der Waals surface area contributed by atoms with Crippen molar-refractivity contribution in [1.29, 1.82) is 0 Å². The quantitative estimate of drug-likeness (QED) is 0.655. The average molecular weight is 419 g/mol. The maximum Gasteiger partial charge on any atom is 0.269 e. The normalized spacial score (nSPS) is 20.5. The number of aryl methyl sites for hydroxylation is 1. The highest BCUT2D eigenvalue weighted by Gasteiger charge is 2.44. The van der Waals surface area contributed by atoms with Crippen molar-refractivity contribution in [3.63, 3.8) is 0 Å². The highest BCUT2D eigenvalue weighted by atomic mass is 16.1. The maximum atomic E-state index is 12.1. The van der Waals surface area contributed by atoms with E-state index in [0.717, 1.165) is 47.5 Å². The van der Waals surface area contributed by atoms with Crippen LogP contribution in [-0.2, 0) is 13.0 Å². The fourth-order valence-corrected chi connectivity index (χ4v) is 4.72. The van der Waals surface area contributed by atoms with E-state index in [-0.39, 0.29) is 11.5 Å². The van der Waals surface area contributed by atoms with Crippen LogP contribution in [0.4, 0.5) is 5.69 Å². The molecule has 0 aliphatic carbocycles. The van der Waals surface area contributed by atoms with Gasteiger partial charge in [-0.3, -0.25) is 19.5 Å². The van der Waals surface area contributed by atoms with Crippen molar-refractivity contribution < 1.29 is 4.79 Å². The molecular formula is C23H26N6O2. The molecule has 0 radical (unpaired) electrons. The Morgan fingerprint density at radius 2 is 2.00 bits per heavy atom. The Morgan fingerprint density at radius 3 is 2.68 bits per heavy atom. The summed E-state index contributed by atoms with van der Waals surface area (Å²) in [4.78, 5) is 40.5. The molecule has 0 aromatic carbocycles. The van der Waals surface area contributed by atoms with E-state index in [1.165, 1.54) is 6.42 Å². The average Bonchev–Trinajstić information content (AvgIpc) is 2.81. The van der Waals surface area contributed by atoms with Crippen molar-refractivity contribution >= 4 is 22.6 Å². The van der Waals surface area contributed by atoms with Gasteiger partial charge in [-0.2, -0.15) is 0 Å². The lowest BCUT2D eigenvalue weighted by molar-refractivity contribution is -0.00849. The number of H-pyrrole nitrogens is 1. The highest BCUT2D eigenvalue weighted by molar-refractivity contribution is 5.92. The summed E-state index contributed by atoms with van der Waals surface area (Å²) >= 11 is 0. The summed E-state index contributed by atoms with van der Waals surface area (Å²) in [5, 5.41) is 2.60. The van der Waals surface area contributed by atoms with Gasteiger partial charge in [0.15, 0.2) is 0 Å². The first-order valence-electron chi connectivity index (χ1n) is 10.8. The minimum Gasteiger partial charge on any atom is -0.367 e. The Labute approximate surface area is 180 Å². The summed E-state index contributed by atoms with van der Waals surface area (Å²) in [6.45, 7) is 4.69. The third kappa shape index (κ3) is 3.57. The molecule has 2 atom stereocenters. The summed E-state index contributed by atoms with van der Waals surface area (Å²) in [6, 6.07) is 8.65. The van der Waals surface area contributed by atoms with E-state index in [1.807, 2.05) is 25.3 Å². The molecule has 0 saturated carbocycles. The zero-order valence-corrected chi connectivity index (χ0v) is 17.8. The molecule has 3 saturated heterocycles. The van der Waals surface area contributed by atoms with Gasteiger partial charge in [-0.1, -0.05) is 6.92 Å². The van der Waals surface area contributed by atoms with Crippen LogP contribution in [0.2, 0.25) is 0 Å². The summed E-state index contributed by atoms with van der Waals surface area (Å²) < 4.78 is 0. The van der Waals surface area contributed by atoms with Crippen LogP contribution in [0.3, 0.4) is 0 Å². The third-order valence-electron chi connectivity index (χ3n) is 6.49. The Morgan fingerprint density at radius 1 is 1.19 bits per heavy atom. The Balaban J connectivity index is 1.27. The number of aromatic amines is 1. The molecule has 2 N–H and O–H groups in total. The first-order chi connectivity index (χ1) is 15.1. The smallest absolute Gasteiger partial charge is 0.269 e. The summed E-state index contributed by atoms with van der Waals surface area (Å²) in [6.07, 6.45) is 5.60. The Bertz CT molecular complexity index is 1180. The van der Waals surface area contributed by atoms with E-state index in [0.29, 0.717) is 24.2 Å². The molecular weight excluding hydrogens is 392 g/mol. The Hall–Kier alpha value is -3.26. The number of pyridine rings is 3. The number of hydrogen-bond acceptors (Lipinski definition) is 6. The van der Waals surface area contributed by atoms with E-state index < -0.39 is 0 Å². The van der Waals surface area contributed by atoms with Crippen LogP contribution in [-0.4, -0.2) is 58.0 Å². The molecule has 3 aliphatic rings. The van der Waals surface area contributed by atoms with E-state index in [4.69, 9.17) is 0 Å². The number of carbonyl (C=O) groups is 1. The minimum atomic E-state index is -0.171. The van der Waals surface area contributed by atoms with Crippen molar-refractivity contribution in [2.24, 2.45) is 0 Å². The number of aromatic nitrogens is 3. The van der Waals surface area contributed by atoms with Gasteiger partial charge in [0.1, 0.15) is 5.69 Å². The SMILES string of the molecule is CCc1cc2ncc(CN3C4CC3CN(c3ccc(C(=O)NC)nc3)C4)cc2[nH]c1=O. The monoisotopic (exact) mass is 418 g/mol. The van der Waals surface area contributed by atoms with Crippen molar-refractivity contribution in [2.45, 2.75) is 38.4 Å². The fourth-order valence-electron chi connectivity index (χ4n) is 4.72. The van der Waals surface area contributed by atoms with Crippen LogP contribution in [0.25, 0.3) is 11.0 Å². The summed E-state index contributed by atoms with van der Waals surface area (Å²) in [5.41, 5.74) is 4.98. The second-order valence-electron chi connectivity index (χ2n) is 8.36. The number of nitrogens with one attached hydrogen (secondary N) is 2. The van der Waals surface area contributed by atoms with Crippen LogP contribution in [0.15, 0.2) is 41.5 Å². The first kappa shape index (κ1) is 19.7. The van der Waals surface area contributed by atoms with Crippen LogP contribution < -0.4 is 15.8 Å². The molecule has 2 bridgehead atoms. The van der Waals surface area contributed by atoms with Crippen LogP contribution in [0.1, 0.15) is 35.0 Å². The van der Waals surface area contributed by atoms with Crippen molar-refractivity contribution in [1.82, 2.24) is 25.2 Å². The van der Waals surface area contributed by atoms with Gasteiger partial charge in [0.25, 0.3) is 11.5 Å². The van der Waals surface area contributed by atoms with E-state index in [2.05, 4.69) is 36.1 Å². The highest BCUT2D eigenvalue weighted by Crippen LogP contribution is 2.35. The summed E-state index contributed by atoms with van der Waals surface area (Å²) in [7, 11) is 1.61. The molecule has 1 amide bonds. The second kappa shape index (κ2) is 7.77. The topological polar surface area (TPSA) is 94.2 Å². The van der Waals surface area contributed by atoms with E-state index >= 15 is 0 Å². The molecule has 8 nitrogen and oxygen atoms in total. The van der Waals surface area contributed by atoms with Gasteiger partial charge in [-0.05, 0) is 42.7 Å². The Kier molecular flexibility index (Phi) is 4.94. The lowest BCUT2D eigenvalue weighted by atomic mass is 9.86. The molecule has 3 aliphatic heterocycles. The van der Waals surface area contributed by atoms with E-state index in [9.17, 15) is 9.59 Å². The summed E-state index contributed by atoms with van der Waals surface area (Å²) in [5.74, 6) is -0.171. The number of anilines is 1. The number of piperazine rings is 1. The zero-order valence-electron chi connectivity index (χ0n) is 17.8. The van der Waals surface area contributed by atoms with Gasteiger partial charge < -0.3 is 15.2 Å². The van der Waals surface area contributed by atoms with Crippen LogP contribution in [0.5, 0.6) is 0 Å². The molecule has 3 fully saturated rings. The number of carbonyl (C=O) groups excluding carboxylic acids is 1. The molecule has 0 spiro atoms. The zero-order chi connectivity index (χ0) is 21.5. The van der Waals surface area contributed by atoms with Crippen molar-refractivity contribution in [2.75, 3.05) is 25.0 Å². The molecule has 31 heavy (non-hydrogen) atoms.